The van der Waals surface area contributed by atoms with E-state index in [9.17, 15) is 14.4 Å². The maximum Gasteiger partial charge on any atom is 0.335 e. The largest absolute Gasteiger partial charge is 0.495 e. The van der Waals surface area contributed by atoms with Crippen molar-refractivity contribution in [1.82, 2.24) is 0 Å². The third-order valence-electron chi connectivity index (χ3n) is 4.28. The number of benzene rings is 2. The minimum Gasteiger partial charge on any atom is -0.495 e. The highest BCUT2D eigenvalue weighted by atomic mass is 32.2. The minimum absolute atomic E-state index is 0.0246. The molecule has 2 N–H and O–H groups in total. The van der Waals surface area contributed by atoms with Crippen LogP contribution in [0, 0.1) is 0 Å². The molecule has 0 aliphatic carbocycles. The number of rotatable bonds is 5. The zero-order valence-corrected chi connectivity index (χ0v) is 16.6. The average Bonchev–Trinajstić information content (AvgIpc) is 3.00. The first kappa shape index (κ1) is 20.4. The van der Waals surface area contributed by atoms with Crippen molar-refractivity contribution < 1.29 is 24.2 Å². The Bertz CT molecular complexity index is 974. The van der Waals surface area contributed by atoms with Crippen molar-refractivity contribution in [1.29, 1.82) is 0 Å². The number of thioether (sulfide) groups is 1. The maximum atomic E-state index is 12.8. The van der Waals surface area contributed by atoms with Gasteiger partial charge < -0.3 is 15.2 Å². The molecule has 3 rings (SSSR count). The number of nitrogens with one attached hydrogen (secondary N) is 1. The van der Waals surface area contributed by atoms with Gasteiger partial charge in [0, 0.05) is 13.5 Å². The van der Waals surface area contributed by atoms with Gasteiger partial charge >= 0.3 is 5.97 Å². The van der Waals surface area contributed by atoms with Crippen LogP contribution >= 0.6 is 11.8 Å². The second-order valence-corrected chi connectivity index (χ2v) is 7.28. The molecule has 2 amide bonds. The number of carbonyl (C=O) groups excluding carboxylic acids is 2. The fraction of sp³-hybridized carbons (Fsp3) is 0.200. The Balaban J connectivity index is 1.74. The molecule has 0 radical (unpaired) electrons. The van der Waals surface area contributed by atoms with E-state index in [2.05, 4.69) is 10.3 Å². The van der Waals surface area contributed by atoms with Crippen LogP contribution in [0.15, 0.2) is 53.5 Å². The van der Waals surface area contributed by atoms with Crippen LogP contribution < -0.4 is 15.0 Å². The van der Waals surface area contributed by atoms with E-state index in [1.165, 1.54) is 24.3 Å². The molecule has 1 fully saturated rings. The minimum atomic E-state index is -1.07. The number of amides is 2. The van der Waals surface area contributed by atoms with Crippen LogP contribution in [0.1, 0.15) is 16.8 Å². The number of anilines is 2. The molecule has 1 heterocycles. The number of ether oxygens (including phenoxy) is 1. The lowest BCUT2D eigenvalue weighted by atomic mass is 10.2. The zero-order valence-electron chi connectivity index (χ0n) is 15.8. The third kappa shape index (κ3) is 4.40. The van der Waals surface area contributed by atoms with E-state index in [0.29, 0.717) is 22.3 Å². The molecular formula is C20H19N3O5S. The number of imide groups is 1. The Morgan fingerprint density at radius 3 is 2.52 bits per heavy atom. The summed E-state index contributed by atoms with van der Waals surface area (Å²) in [5.41, 5.74) is 1.13. The second-order valence-electron chi connectivity index (χ2n) is 6.08. The van der Waals surface area contributed by atoms with Crippen molar-refractivity contribution in [3.8, 4) is 5.75 Å². The molecule has 1 aliphatic rings. The summed E-state index contributed by atoms with van der Waals surface area (Å²) in [6.07, 6.45) is 0.0246. The summed E-state index contributed by atoms with van der Waals surface area (Å²) in [4.78, 5) is 41.5. The van der Waals surface area contributed by atoms with Crippen LogP contribution in [0.5, 0.6) is 5.75 Å². The van der Waals surface area contributed by atoms with E-state index in [0.717, 1.165) is 16.7 Å². The fourth-order valence-corrected chi connectivity index (χ4v) is 3.83. The average molecular weight is 413 g/mol. The Labute approximate surface area is 171 Å². The third-order valence-corrected chi connectivity index (χ3v) is 5.44. The number of hydrogen-bond acceptors (Lipinski definition) is 6. The number of methoxy groups -OCH3 is 1. The van der Waals surface area contributed by atoms with Crippen molar-refractivity contribution in [2.75, 3.05) is 24.4 Å². The highest BCUT2D eigenvalue weighted by Gasteiger charge is 2.40. The molecule has 8 nitrogen and oxygen atoms in total. The van der Waals surface area contributed by atoms with Gasteiger partial charge in [-0.3, -0.25) is 14.6 Å². The molecule has 0 unspecified atom stereocenters. The molecule has 0 aromatic heterocycles. The van der Waals surface area contributed by atoms with Crippen molar-refractivity contribution in [3.63, 3.8) is 0 Å². The number of aromatic carboxylic acids is 1. The van der Waals surface area contributed by atoms with E-state index in [1.807, 2.05) is 18.2 Å². The Kier molecular flexibility index (Phi) is 6.18. The Morgan fingerprint density at radius 1 is 1.21 bits per heavy atom. The van der Waals surface area contributed by atoms with Gasteiger partial charge in [-0.25, -0.2) is 9.69 Å². The first-order valence-electron chi connectivity index (χ1n) is 8.68. The van der Waals surface area contributed by atoms with Crippen LogP contribution in [0.2, 0.25) is 0 Å². The number of nitrogens with zero attached hydrogens (tertiary/aromatic N) is 2. The van der Waals surface area contributed by atoms with Crippen molar-refractivity contribution in [3.05, 3.63) is 54.1 Å². The van der Waals surface area contributed by atoms with Gasteiger partial charge in [0.25, 0.3) is 0 Å². The predicted octanol–water partition coefficient (Wildman–Crippen LogP) is 2.86. The summed E-state index contributed by atoms with van der Waals surface area (Å²) in [5, 5.41) is 12.0. The molecule has 2 aromatic carbocycles. The first-order chi connectivity index (χ1) is 13.9. The molecule has 1 aliphatic heterocycles. The van der Waals surface area contributed by atoms with Gasteiger partial charge in [0.1, 0.15) is 11.0 Å². The Hall–Kier alpha value is -3.33. The maximum absolute atomic E-state index is 12.8. The molecular weight excluding hydrogens is 394 g/mol. The monoisotopic (exact) mass is 413 g/mol. The van der Waals surface area contributed by atoms with Crippen LogP contribution in [-0.2, 0) is 9.59 Å². The lowest BCUT2D eigenvalue weighted by Gasteiger charge is -2.16. The molecule has 150 valence electrons. The van der Waals surface area contributed by atoms with E-state index in [4.69, 9.17) is 9.84 Å². The summed E-state index contributed by atoms with van der Waals surface area (Å²) in [6, 6.07) is 12.9. The van der Waals surface area contributed by atoms with Crippen LogP contribution in [0.25, 0.3) is 0 Å². The van der Waals surface area contributed by atoms with Crippen molar-refractivity contribution in [2.24, 2.45) is 4.99 Å². The summed E-state index contributed by atoms with van der Waals surface area (Å²) in [5.74, 6) is -1.16. The van der Waals surface area contributed by atoms with Crippen LogP contribution in [-0.4, -0.2) is 47.5 Å². The van der Waals surface area contributed by atoms with Gasteiger partial charge in [0.15, 0.2) is 5.17 Å². The van der Waals surface area contributed by atoms with Gasteiger partial charge in [-0.2, -0.15) is 0 Å². The molecule has 2 aromatic rings. The van der Waals surface area contributed by atoms with E-state index >= 15 is 0 Å². The number of carbonyl (C=O) groups is 3. The zero-order chi connectivity index (χ0) is 21.0. The summed E-state index contributed by atoms with van der Waals surface area (Å²) in [6.45, 7) is 0. The number of hydrogen-bond donors (Lipinski definition) is 2. The molecule has 29 heavy (non-hydrogen) atoms. The van der Waals surface area contributed by atoms with E-state index < -0.39 is 11.2 Å². The van der Waals surface area contributed by atoms with Crippen molar-refractivity contribution in [2.45, 2.75) is 11.7 Å². The van der Waals surface area contributed by atoms with E-state index in [-0.39, 0.29) is 23.8 Å². The van der Waals surface area contributed by atoms with Gasteiger partial charge in [-0.15, -0.1) is 0 Å². The van der Waals surface area contributed by atoms with Gasteiger partial charge in [0.2, 0.25) is 11.8 Å². The lowest BCUT2D eigenvalue weighted by Crippen LogP contribution is -2.31. The van der Waals surface area contributed by atoms with E-state index in [1.54, 1.807) is 20.2 Å². The number of aliphatic imine (C=N–C) groups is 1. The number of para-hydroxylation sites is 2. The van der Waals surface area contributed by atoms with Crippen molar-refractivity contribution >= 4 is 46.1 Å². The van der Waals surface area contributed by atoms with Gasteiger partial charge in [-0.1, -0.05) is 23.9 Å². The fourth-order valence-electron chi connectivity index (χ4n) is 2.86. The molecule has 1 saturated heterocycles. The number of carboxylic acid groups (broad SMARTS) is 1. The number of carboxylic acids is 1. The smallest absolute Gasteiger partial charge is 0.335 e. The second kappa shape index (κ2) is 8.78. The van der Waals surface area contributed by atoms with Crippen LogP contribution in [0.3, 0.4) is 0 Å². The van der Waals surface area contributed by atoms with Gasteiger partial charge in [0.05, 0.1) is 24.0 Å². The first-order valence-corrected chi connectivity index (χ1v) is 9.56. The Morgan fingerprint density at radius 2 is 1.90 bits per heavy atom. The highest BCUT2D eigenvalue weighted by molar-refractivity contribution is 8.15. The van der Waals surface area contributed by atoms with Gasteiger partial charge in [-0.05, 0) is 36.4 Å². The quantitative estimate of drug-likeness (QED) is 0.441. The number of amidine groups is 1. The highest BCUT2D eigenvalue weighted by Crippen LogP contribution is 2.32. The molecule has 0 saturated carbocycles. The van der Waals surface area contributed by atoms with Crippen LogP contribution in [0.4, 0.5) is 11.4 Å². The summed E-state index contributed by atoms with van der Waals surface area (Å²) >= 11 is 1.16. The predicted molar refractivity (Wildman–Crippen MR) is 112 cm³/mol. The molecule has 0 bridgehead atoms. The normalized spacial score (nSPS) is 16.8. The lowest BCUT2D eigenvalue weighted by molar-refractivity contribution is -0.121. The molecule has 1 atom stereocenters. The SMILES string of the molecule is CN=C(Nc1ccccc1OC)S[C@H]1CC(=O)N(c2ccc(C(=O)O)cc2)C1=O. The summed E-state index contributed by atoms with van der Waals surface area (Å²) < 4.78 is 5.30. The summed E-state index contributed by atoms with van der Waals surface area (Å²) in [7, 11) is 3.15. The topological polar surface area (TPSA) is 108 Å². The molecule has 9 heteroatoms. The standard InChI is InChI=1S/C20H19N3O5S/c1-21-20(22-14-5-3-4-6-15(14)28-2)29-16-11-17(24)23(18(16)25)13-9-7-12(8-10-13)19(26)27/h3-10,16H,11H2,1-2H3,(H,21,22)(H,26,27)/t16-/m0/s1. The molecule has 0 spiro atoms.